The van der Waals surface area contributed by atoms with E-state index in [1.165, 1.54) is 0 Å². The van der Waals surface area contributed by atoms with E-state index >= 15 is 0 Å². The monoisotopic (exact) mass is 495 g/mol. The van der Waals surface area contributed by atoms with Gasteiger partial charge in [0.2, 0.25) is 5.91 Å². The van der Waals surface area contributed by atoms with Gasteiger partial charge < -0.3 is 9.30 Å². The molecule has 3 rings (SSSR count). The summed E-state index contributed by atoms with van der Waals surface area (Å²) in [5, 5.41) is 4.12. The summed E-state index contributed by atoms with van der Waals surface area (Å²) in [4.78, 5) is 24.4. The summed E-state index contributed by atoms with van der Waals surface area (Å²) in [7, 11) is 0. The minimum absolute atomic E-state index is 0.178. The molecule has 0 radical (unpaired) electrons. The maximum atomic E-state index is 12.3. The average Bonchev–Trinajstić information content (AvgIpc) is 3.02. The third kappa shape index (κ3) is 5.95. The number of carbonyl (C=O) groups excluding carboxylic acids is 2. The third-order valence-corrected chi connectivity index (χ3v) is 5.35. The molecule has 6 nitrogen and oxygen atoms in total. The maximum absolute atomic E-state index is 12.3. The summed E-state index contributed by atoms with van der Waals surface area (Å²) in [6.07, 6.45) is 1.71. The summed E-state index contributed by atoms with van der Waals surface area (Å²) in [5.74, 6) is -0.534. The minimum Gasteiger partial charge on any atom is -0.459 e. The molecule has 1 N–H and O–H groups in total. The van der Waals surface area contributed by atoms with Crippen LogP contribution in [0.2, 0.25) is 0 Å². The number of esters is 1. The number of halogens is 1. The molecule has 7 heteroatoms. The molecule has 0 unspecified atom stereocenters. The molecule has 0 atom stereocenters. The van der Waals surface area contributed by atoms with Crippen LogP contribution < -0.4 is 5.43 Å². The van der Waals surface area contributed by atoms with Gasteiger partial charge in [0.15, 0.2) is 0 Å². The highest BCUT2D eigenvalue weighted by Crippen LogP contribution is 2.21. The quantitative estimate of drug-likeness (QED) is 0.281. The first-order valence-corrected chi connectivity index (χ1v) is 11.1. The van der Waals surface area contributed by atoms with E-state index in [2.05, 4.69) is 26.5 Å². The first-order valence-electron chi connectivity index (χ1n) is 10.3. The standard InChI is InChI=1S/C25H26BrN3O3/c1-16(2)32-25(31)20-6-5-7-23(14-20)29-17(3)12-21(18(29)4)15-27-28-24(30)13-19-8-10-22(26)11-9-19/h5-12,14-16H,13H2,1-4H3,(H,28,30)/b27-15+. The molecule has 0 aliphatic heterocycles. The van der Waals surface area contributed by atoms with E-state index in [1.54, 1.807) is 12.3 Å². The summed E-state index contributed by atoms with van der Waals surface area (Å²) in [5.41, 5.74) is 7.66. The van der Waals surface area contributed by atoms with Crippen molar-refractivity contribution in [1.82, 2.24) is 9.99 Å². The van der Waals surface area contributed by atoms with E-state index in [0.29, 0.717) is 5.56 Å². The van der Waals surface area contributed by atoms with Crippen LogP contribution >= 0.6 is 15.9 Å². The molecule has 0 aliphatic carbocycles. The molecule has 166 valence electrons. The summed E-state index contributed by atoms with van der Waals surface area (Å²) >= 11 is 3.38. The second-order valence-electron chi connectivity index (χ2n) is 7.76. The summed E-state index contributed by atoms with van der Waals surface area (Å²) in [6, 6.07) is 16.9. The van der Waals surface area contributed by atoms with E-state index in [9.17, 15) is 9.59 Å². The van der Waals surface area contributed by atoms with Crippen LogP contribution in [0.5, 0.6) is 0 Å². The van der Waals surface area contributed by atoms with Crippen LogP contribution in [0, 0.1) is 13.8 Å². The van der Waals surface area contributed by atoms with Crippen LogP contribution in [0.3, 0.4) is 0 Å². The van der Waals surface area contributed by atoms with Gasteiger partial charge in [-0.05, 0) is 69.7 Å². The Balaban J connectivity index is 1.73. The van der Waals surface area contributed by atoms with Crippen molar-refractivity contribution in [3.63, 3.8) is 0 Å². The Hall–Kier alpha value is -3.19. The van der Waals surface area contributed by atoms with E-state index in [0.717, 1.165) is 32.7 Å². The van der Waals surface area contributed by atoms with Gasteiger partial charge in [-0.3, -0.25) is 4.79 Å². The van der Waals surface area contributed by atoms with Crippen LogP contribution in [0.1, 0.15) is 46.7 Å². The number of hydrogen-bond donors (Lipinski definition) is 1. The number of amides is 1. The number of carbonyl (C=O) groups is 2. The molecule has 32 heavy (non-hydrogen) atoms. The summed E-state index contributed by atoms with van der Waals surface area (Å²) in [6.45, 7) is 7.60. The van der Waals surface area contributed by atoms with E-state index in [1.807, 2.05) is 80.8 Å². The number of hydrazone groups is 1. The average molecular weight is 496 g/mol. The number of rotatable bonds is 7. The zero-order chi connectivity index (χ0) is 23.3. The Morgan fingerprint density at radius 3 is 2.53 bits per heavy atom. The lowest BCUT2D eigenvalue weighted by Crippen LogP contribution is -2.19. The van der Waals surface area contributed by atoms with Crippen LogP contribution in [0.25, 0.3) is 5.69 Å². The van der Waals surface area contributed by atoms with Gasteiger partial charge in [-0.15, -0.1) is 0 Å². The van der Waals surface area contributed by atoms with Crippen LogP contribution in [-0.4, -0.2) is 28.8 Å². The van der Waals surface area contributed by atoms with Gasteiger partial charge in [-0.2, -0.15) is 5.10 Å². The highest BCUT2D eigenvalue weighted by atomic mass is 79.9. The zero-order valence-electron chi connectivity index (χ0n) is 18.6. The van der Waals surface area contributed by atoms with Crippen molar-refractivity contribution in [2.45, 2.75) is 40.2 Å². The van der Waals surface area contributed by atoms with Gasteiger partial charge >= 0.3 is 5.97 Å². The predicted molar refractivity (Wildman–Crippen MR) is 129 cm³/mol. The van der Waals surface area contributed by atoms with E-state index in [-0.39, 0.29) is 24.4 Å². The fourth-order valence-corrected chi connectivity index (χ4v) is 3.64. The highest BCUT2D eigenvalue weighted by molar-refractivity contribution is 9.10. The zero-order valence-corrected chi connectivity index (χ0v) is 20.1. The number of ether oxygens (including phenoxy) is 1. The summed E-state index contributed by atoms with van der Waals surface area (Å²) < 4.78 is 8.31. The first-order chi connectivity index (χ1) is 15.2. The lowest BCUT2D eigenvalue weighted by molar-refractivity contribution is -0.120. The van der Waals surface area contributed by atoms with Crippen molar-refractivity contribution < 1.29 is 14.3 Å². The van der Waals surface area contributed by atoms with Crippen molar-refractivity contribution in [2.75, 3.05) is 0 Å². The van der Waals surface area contributed by atoms with Crippen LogP contribution in [-0.2, 0) is 16.0 Å². The van der Waals surface area contributed by atoms with Crippen molar-refractivity contribution in [3.05, 3.63) is 87.1 Å². The van der Waals surface area contributed by atoms with Gasteiger partial charge in [-0.25, -0.2) is 10.2 Å². The fourth-order valence-electron chi connectivity index (χ4n) is 3.37. The lowest BCUT2D eigenvalue weighted by Gasteiger charge is -2.12. The number of nitrogens with one attached hydrogen (secondary N) is 1. The normalized spacial score (nSPS) is 11.2. The Labute approximate surface area is 196 Å². The van der Waals surface area contributed by atoms with Crippen molar-refractivity contribution in [3.8, 4) is 5.69 Å². The Kier molecular flexibility index (Phi) is 7.64. The molecular weight excluding hydrogens is 470 g/mol. The van der Waals surface area contributed by atoms with E-state index < -0.39 is 0 Å². The van der Waals surface area contributed by atoms with Gasteiger partial charge in [-0.1, -0.05) is 34.1 Å². The molecule has 2 aromatic carbocycles. The molecule has 0 saturated heterocycles. The van der Waals surface area contributed by atoms with Gasteiger partial charge in [0, 0.05) is 27.1 Å². The predicted octanol–water partition coefficient (Wildman–Crippen LogP) is 5.11. The Morgan fingerprint density at radius 1 is 1.12 bits per heavy atom. The largest absolute Gasteiger partial charge is 0.459 e. The number of aromatic nitrogens is 1. The molecule has 0 aliphatic rings. The number of hydrogen-bond acceptors (Lipinski definition) is 4. The number of nitrogens with zero attached hydrogens (tertiary/aromatic N) is 2. The van der Waals surface area contributed by atoms with Gasteiger partial charge in [0.05, 0.1) is 24.3 Å². The molecule has 0 bridgehead atoms. The minimum atomic E-state index is -0.348. The lowest BCUT2D eigenvalue weighted by atomic mass is 10.1. The Bertz CT molecular complexity index is 1150. The topological polar surface area (TPSA) is 72.7 Å². The SMILES string of the molecule is Cc1cc(/C=N/NC(=O)Cc2ccc(Br)cc2)c(C)n1-c1cccc(C(=O)OC(C)C)c1. The molecule has 1 amide bonds. The maximum Gasteiger partial charge on any atom is 0.338 e. The molecular formula is C25H26BrN3O3. The molecule has 0 saturated carbocycles. The molecule has 0 spiro atoms. The highest BCUT2D eigenvalue weighted by Gasteiger charge is 2.14. The van der Waals surface area contributed by atoms with Gasteiger partial charge in [0.25, 0.3) is 0 Å². The second-order valence-corrected chi connectivity index (χ2v) is 8.68. The first kappa shape index (κ1) is 23.5. The number of benzene rings is 2. The van der Waals surface area contributed by atoms with Gasteiger partial charge in [0.1, 0.15) is 0 Å². The fraction of sp³-hybridized carbons (Fsp3) is 0.240. The molecule has 0 fully saturated rings. The molecule has 1 aromatic heterocycles. The van der Waals surface area contributed by atoms with Crippen molar-refractivity contribution >= 4 is 34.0 Å². The van der Waals surface area contributed by atoms with Crippen molar-refractivity contribution in [2.24, 2.45) is 5.10 Å². The smallest absolute Gasteiger partial charge is 0.338 e. The van der Waals surface area contributed by atoms with Crippen LogP contribution in [0.15, 0.2) is 64.2 Å². The molecule has 1 heterocycles. The van der Waals surface area contributed by atoms with E-state index in [4.69, 9.17) is 4.74 Å². The third-order valence-electron chi connectivity index (χ3n) is 4.82. The molecule has 3 aromatic rings. The second kappa shape index (κ2) is 10.4. The number of aryl methyl sites for hydroxylation is 1. The van der Waals surface area contributed by atoms with Crippen LogP contribution in [0.4, 0.5) is 0 Å². The van der Waals surface area contributed by atoms with Crippen molar-refractivity contribution in [1.29, 1.82) is 0 Å². The Morgan fingerprint density at radius 2 is 1.84 bits per heavy atom.